The van der Waals surface area contributed by atoms with Crippen LogP contribution in [0, 0.1) is 0 Å². The van der Waals surface area contributed by atoms with Crippen molar-refractivity contribution in [1.29, 1.82) is 0 Å². The van der Waals surface area contributed by atoms with E-state index in [0.717, 1.165) is 46.3 Å². The first-order valence-corrected chi connectivity index (χ1v) is 10.1. The monoisotopic (exact) mass is 434 g/mol. The summed E-state index contributed by atoms with van der Waals surface area (Å²) in [6.45, 7) is 2.37. The molecule has 0 aliphatic carbocycles. The first-order valence-electron chi connectivity index (χ1n) is 9.33. The third kappa shape index (κ3) is 3.19. The van der Waals surface area contributed by atoms with Crippen LogP contribution in [0.4, 0.5) is 0 Å². The molecule has 0 atom stereocenters. The van der Waals surface area contributed by atoms with Crippen molar-refractivity contribution in [2.24, 2.45) is 0 Å². The van der Waals surface area contributed by atoms with Gasteiger partial charge in [-0.15, -0.1) is 0 Å². The molecule has 2 aromatic carbocycles. The first-order chi connectivity index (χ1) is 13.7. The number of halogens is 1. The molecule has 0 bridgehead atoms. The molecule has 3 heterocycles. The zero-order valence-corrected chi connectivity index (χ0v) is 16.8. The summed E-state index contributed by atoms with van der Waals surface area (Å²) in [5, 5.41) is 1.23. The second-order valence-electron chi connectivity index (χ2n) is 7.17. The molecule has 0 saturated heterocycles. The van der Waals surface area contributed by atoms with Gasteiger partial charge in [-0.1, -0.05) is 52.3 Å². The molecule has 0 radical (unpaired) electrons. The van der Waals surface area contributed by atoms with E-state index in [2.05, 4.69) is 55.2 Å². The molecular formula is C22H19BrN4O. The van der Waals surface area contributed by atoms with Crippen LogP contribution in [0.15, 0.2) is 64.0 Å². The number of fused-ring (bicyclic) bond motifs is 2. The molecule has 2 N–H and O–H groups in total. The Balaban J connectivity index is 1.44. The van der Waals surface area contributed by atoms with E-state index < -0.39 is 0 Å². The Hall–Kier alpha value is -2.70. The Bertz CT molecular complexity index is 1210. The Morgan fingerprint density at radius 1 is 1.14 bits per heavy atom. The zero-order valence-electron chi connectivity index (χ0n) is 15.2. The van der Waals surface area contributed by atoms with Gasteiger partial charge in [0.1, 0.15) is 5.82 Å². The topological polar surface area (TPSA) is 64.8 Å². The molecule has 140 valence electrons. The number of H-pyrrole nitrogens is 2. The Morgan fingerprint density at radius 2 is 2.00 bits per heavy atom. The van der Waals surface area contributed by atoms with Crippen molar-refractivity contribution in [3.8, 4) is 11.4 Å². The molecule has 0 amide bonds. The van der Waals surface area contributed by atoms with E-state index in [1.54, 1.807) is 0 Å². The second-order valence-corrected chi connectivity index (χ2v) is 8.09. The molecule has 5 rings (SSSR count). The molecule has 0 spiro atoms. The zero-order chi connectivity index (χ0) is 19.1. The van der Waals surface area contributed by atoms with Crippen molar-refractivity contribution in [3.05, 3.63) is 86.4 Å². The summed E-state index contributed by atoms with van der Waals surface area (Å²) in [7, 11) is 0. The minimum atomic E-state index is -0.0135. The highest BCUT2D eigenvalue weighted by molar-refractivity contribution is 9.10. The van der Waals surface area contributed by atoms with Crippen LogP contribution in [-0.2, 0) is 19.5 Å². The number of aromatic nitrogens is 3. The molecule has 0 fully saturated rings. The second kappa shape index (κ2) is 7.04. The third-order valence-corrected chi connectivity index (χ3v) is 5.82. The van der Waals surface area contributed by atoms with Gasteiger partial charge >= 0.3 is 0 Å². The average Bonchev–Trinajstić information content (AvgIpc) is 3.10. The van der Waals surface area contributed by atoms with Crippen LogP contribution in [-0.4, -0.2) is 26.4 Å². The quantitative estimate of drug-likeness (QED) is 0.506. The van der Waals surface area contributed by atoms with Crippen LogP contribution < -0.4 is 5.56 Å². The summed E-state index contributed by atoms with van der Waals surface area (Å²) in [5.41, 5.74) is 5.01. The highest BCUT2D eigenvalue weighted by Crippen LogP contribution is 2.25. The van der Waals surface area contributed by atoms with Gasteiger partial charge in [0.05, 0.1) is 5.69 Å². The van der Waals surface area contributed by atoms with Crippen LogP contribution in [0.2, 0.25) is 0 Å². The van der Waals surface area contributed by atoms with Gasteiger partial charge in [-0.05, 0) is 24.1 Å². The standard InChI is InChI=1S/C22H19BrN4O/c23-16-6-7-17-15(11-24-19(17)10-16)12-27-9-8-18-20(13-27)25-21(26-22(18)28)14-4-2-1-3-5-14/h1-7,10-11,24H,8-9,12-13H2,(H,25,26,28). The summed E-state index contributed by atoms with van der Waals surface area (Å²) < 4.78 is 1.07. The number of aromatic amines is 2. The molecule has 0 saturated carbocycles. The lowest BCUT2D eigenvalue weighted by Crippen LogP contribution is -2.35. The van der Waals surface area contributed by atoms with Gasteiger partial charge in [0, 0.05) is 52.3 Å². The van der Waals surface area contributed by atoms with Crippen LogP contribution in [0.1, 0.15) is 16.8 Å². The van der Waals surface area contributed by atoms with Gasteiger partial charge in [0.15, 0.2) is 0 Å². The Labute approximate surface area is 170 Å². The average molecular weight is 435 g/mol. The summed E-state index contributed by atoms with van der Waals surface area (Å²) in [6.07, 6.45) is 2.80. The Morgan fingerprint density at radius 3 is 2.86 bits per heavy atom. The fourth-order valence-electron chi connectivity index (χ4n) is 3.89. The van der Waals surface area contributed by atoms with Gasteiger partial charge in [0.25, 0.3) is 5.56 Å². The lowest BCUT2D eigenvalue weighted by Gasteiger charge is -2.27. The predicted molar refractivity (Wildman–Crippen MR) is 114 cm³/mol. The molecule has 28 heavy (non-hydrogen) atoms. The van der Waals surface area contributed by atoms with Crippen LogP contribution in [0.5, 0.6) is 0 Å². The number of hydrogen-bond donors (Lipinski definition) is 2. The number of nitrogens with zero attached hydrogens (tertiary/aromatic N) is 2. The molecule has 0 unspecified atom stereocenters. The molecule has 1 aliphatic rings. The third-order valence-electron chi connectivity index (χ3n) is 5.32. The molecule has 5 nitrogen and oxygen atoms in total. The van der Waals surface area contributed by atoms with Crippen molar-refractivity contribution in [2.75, 3.05) is 6.54 Å². The van der Waals surface area contributed by atoms with Crippen molar-refractivity contribution >= 4 is 26.8 Å². The maximum Gasteiger partial charge on any atom is 0.254 e. The fraction of sp³-hybridized carbons (Fsp3) is 0.182. The van der Waals surface area contributed by atoms with E-state index in [0.29, 0.717) is 12.4 Å². The lowest BCUT2D eigenvalue weighted by molar-refractivity contribution is 0.241. The molecule has 4 aromatic rings. The predicted octanol–water partition coefficient (Wildman–Crippen LogP) is 4.24. The Kier molecular flexibility index (Phi) is 4.37. The smallest absolute Gasteiger partial charge is 0.254 e. The van der Waals surface area contributed by atoms with Gasteiger partial charge in [-0.3, -0.25) is 9.69 Å². The fourth-order valence-corrected chi connectivity index (χ4v) is 4.25. The normalized spacial score (nSPS) is 14.3. The SMILES string of the molecule is O=c1[nH]c(-c2ccccc2)nc2c1CCN(Cc1c[nH]c3cc(Br)ccc13)C2. The van der Waals surface area contributed by atoms with E-state index in [-0.39, 0.29) is 5.56 Å². The van der Waals surface area contributed by atoms with E-state index in [1.165, 1.54) is 10.9 Å². The van der Waals surface area contributed by atoms with Gasteiger partial charge in [-0.25, -0.2) is 4.98 Å². The van der Waals surface area contributed by atoms with E-state index in [9.17, 15) is 4.79 Å². The summed E-state index contributed by atoms with van der Waals surface area (Å²) in [4.78, 5) is 26.0. The number of rotatable bonds is 3. The van der Waals surface area contributed by atoms with Crippen molar-refractivity contribution in [3.63, 3.8) is 0 Å². The summed E-state index contributed by atoms with van der Waals surface area (Å²) in [6, 6.07) is 16.1. The molecular weight excluding hydrogens is 416 g/mol. The maximum absolute atomic E-state index is 12.6. The number of hydrogen-bond acceptors (Lipinski definition) is 3. The van der Waals surface area contributed by atoms with Gasteiger partial charge in [0.2, 0.25) is 0 Å². The van der Waals surface area contributed by atoms with Crippen molar-refractivity contribution < 1.29 is 0 Å². The first kappa shape index (κ1) is 17.4. The van der Waals surface area contributed by atoms with Crippen molar-refractivity contribution in [2.45, 2.75) is 19.5 Å². The number of nitrogens with one attached hydrogen (secondary N) is 2. The highest BCUT2D eigenvalue weighted by Gasteiger charge is 2.22. The van der Waals surface area contributed by atoms with Crippen molar-refractivity contribution in [1.82, 2.24) is 19.9 Å². The minimum Gasteiger partial charge on any atom is -0.361 e. The number of benzene rings is 2. The van der Waals surface area contributed by atoms with E-state index in [1.807, 2.05) is 30.3 Å². The molecule has 1 aliphatic heterocycles. The molecule has 6 heteroatoms. The minimum absolute atomic E-state index is 0.0135. The van der Waals surface area contributed by atoms with Crippen LogP contribution >= 0.6 is 15.9 Å². The van der Waals surface area contributed by atoms with E-state index in [4.69, 9.17) is 4.98 Å². The largest absolute Gasteiger partial charge is 0.361 e. The van der Waals surface area contributed by atoms with E-state index >= 15 is 0 Å². The van der Waals surface area contributed by atoms with Gasteiger partial charge < -0.3 is 9.97 Å². The summed E-state index contributed by atoms with van der Waals surface area (Å²) >= 11 is 3.52. The van der Waals surface area contributed by atoms with Crippen LogP contribution in [0.3, 0.4) is 0 Å². The maximum atomic E-state index is 12.6. The lowest BCUT2D eigenvalue weighted by atomic mass is 10.0. The van der Waals surface area contributed by atoms with Gasteiger partial charge in [-0.2, -0.15) is 0 Å². The summed E-state index contributed by atoms with van der Waals surface area (Å²) in [5.74, 6) is 0.642. The highest BCUT2D eigenvalue weighted by atomic mass is 79.9. The van der Waals surface area contributed by atoms with Crippen LogP contribution in [0.25, 0.3) is 22.3 Å². The molecule has 2 aromatic heterocycles.